The number of aromatic amines is 1. The van der Waals surface area contributed by atoms with Gasteiger partial charge in [0.05, 0.1) is 30.3 Å². The number of ether oxygens (including phenoxy) is 1. The molecule has 5 aromatic rings. The van der Waals surface area contributed by atoms with Gasteiger partial charge in [0.2, 0.25) is 0 Å². The summed E-state index contributed by atoms with van der Waals surface area (Å²) in [6.07, 6.45) is 7.07. The van der Waals surface area contributed by atoms with Gasteiger partial charge in [0.15, 0.2) is 5.58 Å². The molecule has 1 amide bonds. The monoisotopic (exact) mass is 523 g/mol. The quantitative estimate of drug-likeness (QED) is 0.336. The standard InChI is InChI=1S/C29H29N7O3/c37-28(22-6-4-5-21(32-22)20-15-19-7-8-30-27(19)31-18-20)33-23-17-26-24(16-25(23)35-9-2-1-3-10-35)34-29(39-26)36-11-13-38-14-12-36/h4-8,15-18H,1-3,9-14H2,(H,30,31)(H,33,37). The van der Waals surface area contributed by atoms with Gasteiger partial charge in [0.25, 0.3) is 11.9 Å². The zero-order valence-corrected chi connectivity index (χ0v) is 21.5. The number of pyridine rings is 2. The maximum absolute atomic E-state index is 13.5. The van der Waals surface area contributed by atoms with Crippen molar-refractivity contribution in [2.75, 3.05) is 54.5 Å². The third kappa shape index (κ3) is 4.67. The second kappa shape index (κ2) is 10.0. The van der Waals surface area contributed by atoms with E-state index in [4.69, 9.17) is 14.1 Å². The summed E-state index contributed by atoms with van der Waals surface area (Å²) in [6.45, 7) is 4.66. The van der Waals surface area contributed by atoms with Crippen LogP contribution >= 0.6 is 0 Å². The van der Waals surface area contributed by atoms with Crippen LogP contribution in [0, 0.1) is 0 Å². The number of fused-ring (bicyclic) bond motifs is 2. The van der Waals surface area contributed by atoms with Crippen molar-refractivity contribution in [3.8, 4) is 11.3 Å². The molecule has 2 saturated heterocycles. The summed E-state index contributed by atoms with van der Waals surface area (Å²) in [5.74, 6) is -0.280. The average molecular weight is 524 g/mol. The number of H-pyrrole nitrogens is 1. The van der Waals surface area contributed by atoms with E-state index in [2.05, 4.69) is 30.1 Å². The van der Waals surface area contributed by atoms with E-state index in [-0.39, 0.29) is 5.91 Å². The Morgan fingerprint density at radius 1 is 0.949 bits per heavy atom. The van der Waals surface area contributed by atoms with Crippen LogP contribution in [0.5, 0.6) is 0 Å². The zero-order valence-electron chi connectivity index (χ0n) is 21.5. The van der Waals surface area contributed by atoms with Gasteiger partial charge in [-0.15, -0.1) is 0 Å². The van der Waals surface area contributed by atoms with Gasteiger partial charge in [0.1, 0.15) is 16.9 Å². The Hall–Kier alpha value is -4.44. The molecule has 4 aromatic heterocycles. The van der Waals surface area contributed by atoms with E-state index in [9.17, 15) is 4.79 Å². The molecule has 0 aliphatic carbocycles. The number of oxazole rings is 1. The summed E-state index contributed by atoms with van der Waals surface area (Å²) in [5.41, 5.74) is 5.76. The van der Waals surface area contributed by atoms with E-state index in [1.54, 1.807) is 12.3 Å². The minimum Gasteiger partial charge on any atom is -0.423 e. The number of aromatic nitrogens is 4. The van der Waals surface area contributed by atoms with Gasteiger partial charge in [-0.1, -0.05) is 6.07 Å². The molecule has 2 aliphatic heterocycles. The summed E-state index contributed by atoms with van der Waals surface area (Å²) in [7, 11) is 0. The highest BCUT2D eigenvalue weighted by atomic mass is 16.5. The summed E-state index contributed by atoms with van der Waals surface area (Å²) >= 11 is 0. The predicted octanol–water partition coefficient (Wildman–Crippen LogP) is 4.85. The molecule has 6 heterocycles. The van der Waals surface area contributed by atoms with E-state index >= 15 is 0 Å². The normalized spacial score (nSPS) is 16.2. The Morgan fingerprint density at radius 2 is 1.82 bits per heavy atom. The molecule has 0 unspecified atom stereocenters. The van der Waals surface area contributed by atoms with E-state index in [1.165, 1.54) is 6.42 Å². The fourth-order valence-corrected chi connectivity index (χ4v) is 5.33. The number of nitrogens with zero attached hydrogens (tertiary/aromatic N) is 5. The predicted molar refractivity (Wildman–Crippen MR) is 150 cm³/mol. The average Bonchev–Trinajstić information content (AvgIpc) is 3.64. The first-order valence-corrected chi connectivity index (χ1v) is 13.5. The Kier molecular flexibility index (Phi) is 6.08. The van der Waals surface area contributed by atoms with Crippen molar-refractivity contribution in [3.05, 3.63) is 60.6 Å². The highest BCUT2D eigenvalue weighted by Crippen LogP contribution is 2.35. The van der Waals surface area contributed by atoms with Crippen molar-refractivity contribution < 1.29 is 13.9 Å². The number of piperidine rings is 1. The molecular formula is C29H29N7O3. The Balaban J connectivity index is 1.21. The van der Waals surface area contributed by atoms with Gasteiger partial charge in [-0.05, 0) is 49.6 Å². The summed E-state index contributed by atoms with van der Waals surface area (Å²) < 4.78 is 11.6. The molecule has 1 aromatic carbocycles. The largest absolute Gasteiger partial charge is 0.423 e. The minimum absolute atomic E-state index is 0.280. The molecule has 198 valence electrons. The zero-order chi connectivity index (χ0) is 26.2. The molecule has 10 heteroatoms. The van der Waals surface area contributed by atoms with Crippen LogP contribution in [-0.2, 0) is 4.74 Å². The summed E-state index contributed by atoms with van der Waals surface area (Å²) in [5, 5.41) is 4.12. The number of amides is 1. The van der Waals surface area contributed by atoms with Crippen LogP contribution in [0.3, 0.4) is 0 Å². The van der Waals surface area contributed by atoms with Crippen molar-refractivity contribution in [1.29, 1.82) is 0 Å². The molecule has 39 heavy (non-hydrogen) atoms. The first-order chi connectivity index (χ1) is 19.2. The second-order valence-electron chi connectivity index (χ2n) is 9.98. The summed E-state index contributed by atoms with van der Waals surface area (Å²) in [4.78, 5) is 34.9. The molecular weight excluding hydrogens is 494 g/mol. The second-order valence-corrected chi connectivity index (χ2v) is 9.98. The molecule has 2 fully saturated rings. The molecule has 7 rings (SSSR count). The fourth-order valence-electron chi connectivity index (χ4n) is 5.33. The van der Waals surface area contributed by atoms with Gasteiger partial charge < -0.3 is 29.3 Å². The minimum atomic E-state index is -0.280. The number of anilines is 3. The fraction of sp³-hybridized carbons (Fsp3) is 0.310. The SMILES string of the molecule is O=C(Nc1cc2oc(N3CCOCC3)nc2cc1N1CCCCC1)c1cccc(-c2cnc3[nH]ccc3c2)n1. The lowest BCUT2D eigenvalue weighted by atomic mass is 10.1. The van der Waals surface area contributed by atoms with Crippen molar-refractivity contribution in [3.63, 3.8) is 0 Å². The Morgan fingerprint density at radius 3 is 2.69 bits per heavy atom. The van der Waals surface area contributed by atoms with Crippen molar-refractivity contribution in [1.82, 2.24) is 19.9 Å². The van der Waals surface area contributed by atoms with E-state index in [0.717, 1.165) is 66.8 Å². The van der Waals surface area contributed by atoms with E-state index in [1.807, 2.05) is 42.6 Å². The molecule has 0 bridgehead atoms. The smallest absolute Gasteiger partial charge is 0.298 e. The third-order valence-corrected chi connectivity index (χ3v) is 7.40. The highest BCUT2D eigenvalue weighted by molar-refractivity contribution is 6.06. The molecule has 0 radical (unpaired) electrons. The van der Waals surface area contributed by atoms with Crippen LogP contribution in [0.4, 0.5) is 17.4 Å². The maximum atomic E-state index is 13.5. The molecule has 0 spiro atoms. The van der Waals surface area contributed by atoms with Crippen LogP contribution < -0.4 is 15.1 Å². The number of carbonyl (C=O) groups is 1. The van der Waals surface area contributed by atoms with Gasteiger partial charge in [0, 0.05) is 55.6 Å². The first-order valence-electron chi connectivity index (χ1n) is 13.5. The summed E-state index contributed by atoms with van der Waals surface area (Å²) in [6, 6.07) is 14.0. The molecule has 2 N–H and O–H groups in total. The highest BCUT2D eigenvalue weighted by Gasteiger charge is 2.22. The number of benzene rings is 1. The number of rotatable bonds is 5. The lowest BCUT2D eigenvalue weighted by Crippen LogP contribution is -2.36. The molecule has 0 atom stereocenters. The molecule has 2 aliphatic rings. The van der Waals surface area contributed by atoms with Gasteiger partial charge in [-0.2, -0.15) is 4.98 Å². The van der Waals surface area contributed by atoms with Crippen molar-refractivity contribution in [2.45, 2.75) is 19.3 Å². The van der Waals surface area contributed by atoms with E-state index in [0.29, 0.717) is 41.9 Å². The first kappa shape index (κ1) is 23.7. The van der Waals surface area contributed by atoms with Crippen LogP contribution in [0.2, 0.25) is 0 Å². The van der Waals surface area contributed by atoms with E-state index < -0.39 is 0 Å². The van der Waals surface area contributed by atoms with Gasteiger partial charge >= 0.3 is 0 Å². The number of morpholine rings is 1. The third-order valence-electron chi connectivity index (χ3n) is 7.40. The van der Waals surface area contributed by atoms with Crippen LogP contribution in [-0.4, -0.2) is 65.2 Å². The van der Waals surface area contributed by atoms with Crippen LogP contribution in [0.25, 0.3) is 33.4 Å². The van der Waals surface area contributed by atoms with Crippen molar-refractivity contribution in [2.24, 2.45) is 0 Å². The number of hydrogen-bond donors (Lipinski definition) is 2. The Bertz CT molecular complexity index is 1650. The number of nitrogens with one attached hydrogen (secondary N) is 2. The number of carbonyl (C=O) groups excluding carboxylic acids is 1. The van der Waals surface area contributed by atoms with Crippen LogP contribution in [0.1, 0.15) is 29.8 Å². The molecule has 10 nitrogen and oxygen atoms in total. The Labute approximate surface area is 225 Å². The van der Waals surface area contributed by atoms with Crippen molar-refractivity contribution >= 4 is 45.4 Å². The van der Waals surface area contributed by atoms with Gasteiger partial charge in [-0.3, -0.25) is 4.79 Å². The lowest BCUT2D eigenvalue weighted by molar-refractivity contribution is 0.102. The molecule has 0 saturated carbocycles. The lowest BCUT2D eigenvalue weighted by Gasteiger charge is -2.30. The number of hydrogen-bond acceptors (Lipinski definition) is 8. The topological polar surface area (TPSA) is 112 Å². The van der Waals surface area contributed by atoms with Crippen LogP contribution in [0.15, 0.2) is 59.3 Å². The van der Waals surface area contributed by atoms with Gasteiger partial charge in [-0.25, -0.2) is 9.97 Å². The maximum Gasteiger partial charge on any atom is 0.298 e.